The van der Waals surface area contributed by atoms with E-state index in [2.05, 4.69) is 4.98 Å². The number of fused-ring (bicyclic) bond motifs is 1. The Kier molecular flexibility index (Phi) is 4.75. The predicted molar refractivity (Wildman–Crippen MR) is 92.4 cm³/mol. The molecule has 1 aromatic carbocycles. The molecule has 1 aliphatic carbocycles. The summed E-state index contributed by atoms with van der Waals surface area (Å²) >= 11 is 0. The maximum atomic E-state index is 13.1. The molecule has 1 atom stereocenters. The predicted octanol–water partition coefficient (Wildman–Crippen LogP) is 4.19. The van der Waals surface area contributed by atoms with Gasteiger partial charge in [0.15, 0.2) is 5.78 Å². The van der Waals surface area contributed by atoms with E-state index in [4.69, 9.17) is 4.74 Å². The Bertz CT molecular complexity index is 805. The topological polar surface area (TPSA) is 59.2 Å². The number of esters is 1. The van der Waals surface area contributed by atoms with Gasteiger partial charge in [0.25, 0.3) is 0 Å². The lowest BCUT2D eigenvalue weighted by atomic mass is 9.81. The number of H-pyrrole nitrogens is 1. The molecule has 132 valence electrons. The van der Waals surface area contributed by atoms with Gasteiger partial charge in [-0.15, -0.1) is 0 Å². The Morgan fingerprint density at radius 3 is 2.60 bits per heavy atom. The zero-order valence-electron chi connectivity index (χ0n) is 14.7. The Morgan fingerprint density at radius 1 is 1.28 bits per heavy atom. The normalized spacial score (nSPS) is 16.8. The molecular weight excluding hydrogens is 321 g/mol. The van der Waals surface area contributed by atoms with Gasteiger partial charge in [-0.05, 0) is 48.4 Å². The second-order valence-electron chi connectivity index (χ2n) is 7.05. The Hall–Kier alpha value is -2.43. The van der Waals surface area contributed by atoms with Crippen molar-refractivity contribution in [2.45, 2.75) is 39.5 Å². The zero-order valence-corrected chi connectivity index (χ0v) is 14.7. The average molecular weight is 343 g/mol. The Labute approximate surface area is 146 Å². The van der Waals surface area contributed by atoms with Crippen molar-refractivity contribution < 1.29 is 18.7 Å². The number of aromatic nitrogens is 1. The molecule has 0 unspecified atom stereocenters. The number of ketones is 1. The SMILES string of the molecule is Cc1c(C(=O)OCC(C)C)[nH]c2c1C(=O)C[C@H](c1ccc(F)cc1)C2. The van der Waals surface area contributed by atoms with Crippen LogP contribution in [-0.2, 0) is 11.2 Å². The number of ether oxygens (including phenoxy) is 1. The van der Waals surface area contributed by atoms with Gasteiger partial charge >= 0.3 is 5.97 Å². The first-order valence-corrected chi connectivity index (χ1v) is 8.54. The number of carbonyl (C=O) groups excluding carboxylic acids is 2. The average Bonchev–Trinajstić information content (AvgIpc) is 2.90. The summed E-state index contributed by atoms with van der Waals surface area (Å²) in [6.45, 7) is 6.05. The summed E-state index contributed by atoms with van der Waals surface area (Å²) in [5.74, 6) is -0.479. The number of nitrogens with one attached hydrogen (secondary N) is 1. The monoisotopic (exact) mass is 343 g/mol. The lowest BCUT2D eigenvalue weighted by Crippen LogP contribution is -2.18. The molecule has 0 radical (unpaired) electrons. The highest BCUT2D eigenvalue weighted by Gasteiger charge is 2.32. The van der Waals surface area contributed by atoms with Crippen LogP contribution in [0.15, 0.2) is 24.3 Å². The third-order valence-corrected chi connectivity index (χ3v) is 4.58. The molecule has 0 saturated carbocycles. The minimum absolute atomic E-state index is 0.00670. The fraction of sp³-hybridized carbons (Fsp3) is 0.400. The highest BCUT2D eigenvalue weighted by molar-refractivity contribution is 6.03. The van der Waals surface area contributed by atoms with Crippen molar-refractivity contribution >= 4 is 11.8 Å². The second-order valence-corrected chi connectivity index (χ2v) is 7.05. The molecule has 1 aliphatic rings. The molecule has 2 aromatic rings. The van der Waals surface area contributed by atoms with Crippen LogP contribution < -0.4 is 0 Å². The molecule has 0 spiro atoms. The van der Waals surface area contributed by atoms with E-state index in [9.17, 15) is 14.0 Å². The van der Waals surface area contributed by atoms with Crippen LogP contribution in [0.1, 0.15) is 63.9 Å². The smallest absolute Gasteiger partial charge is 0.355 e. The van der Waals surface area contributed by atoms with Gasteiger partial charge in [0.1, 0.15) is 11.5 Å². The van der Waals surface area contributed by atoms with Gasteiger partial charge < -0.3 is 9.72 Å². The molecular formula is C20H22FNO3. The number of hydrogen-bond donors (Lipinski definition) is 1. The van der Waals surface area contributed by atoms with Gasteiger partial charge in [-0.1, -0.05) is 26.0 Å². The summed E-state index contributed by atoms with van der Waals surface area (Å²) in [4.78, 5) is 28.0. The summed E-state index contributed by atoms with van der Waals surface area (Å²) in [6.07, 6.45) is 0.975. The van der Waals surface area contributed by atoms with Crippen molar-refractivity contribution in [2.24, 2.45) is 5.92 Å². The van der Waals surface area contributed by atoms with Crippen molar-refractivity contribution in [3.8, 4) is 0 Å². The van der Waals surface area contributed by atoms with E-state index in [0.29, 0.717) is 36.3 Å². The van der Waals surface area contributed by atoms with Crippen molar-refractivity contribution in [2.75, 3.05) is 6.61 Å². The van der Waals surface area contributed by atoms with Crippen LogP contribution in [0, 0.1) is 18.7 Å². The van der Waals surface area contributed by atoms with Crippen LogP contribution in [0.3, 0.4) is 0 Å². The molecule has 5 heteroatoms. The number of Topliss-reactive ketones (excluding diaryl/α,β-unsaturated/α-hetero) is 1. The highest BCUT2D eigenvalue weighted by Crippen LogP contribution is 2.35. The molecule has 0 fully saturated rings. The van der Waals surface area contributed by atoms with Gasteiger partial charge in [-0.25, -0.2) is 9.18 Å². The van der Waals surface area contributed by atoms with E-state index < -0.39 is 5.97 Å². The van der Waals surface area contributed by atoms with E-state index in [0.717, 1.165) is 11.3 Å². The number of halogens is 1. The standard InChI is InChI=1S/C20H22FNO3/c1-11(2)10-25-20(24)19-12(3)18-16(22-19)8-14(9-17(18)23)13-4-6-15(21)7-5-13/h4-7,11,14,22H,8-10H2,1-3H3/t14-/m1/s1. The number of carbonyl (C=O) groups is 2. The summed E-state index contributed by atoms with van der Waals surface area (Å²) in [5.41, 5.74) is 3.32. The van der Waals surface area contributed by atoms with Gasteiger partial charge in [-0.2, -0.15) is 0 Å². The van der Waals surface area contributed by atoms with Crippen LogP contribution >= 0.6 is 0 Å². The van der Waals surface area contributed by atoms with E-state index in [1.54, 1.807) is 19.1 Å². The molecule has 0 saturated heterocycles. The van der Waals surface area contributed by atoms with Crippen LogP contribution in [0.4, 0.5) is 4.39 Å². The summed E-state index contributed by atoms with van der Waals surface area (Å²) in [7, 11) is 0. The minimum Gasteiger partial charge on any atom is -0.461 e. The first kappa shape index (κ1) is 17.4. The molecule has 0 amide bonds. The minimum atomic E-state index is -0.424. The van der Waals surface area contributed by atoms with Gasteiger partial charge in [-0.3, -0.25) is 4.79 Å². The second kappa shape index (κ2) is 6.82. The van der Waals surface area contributed by atoms with E-state index >= 15 is 0 Å². The number of aromatic amines is 1. The van der Waals surface area contributed by atoms with E-state index in [1.807, 2.05) is 13.8 Å². The van der Waals surface area contributed by atoms with Crippen LogP contribution in [0.2, 0.25) is 0 Å². The Morgan fingerprint density at radius 2 is 1.96 bits per heavy atom. The molecule has 1 N–H and O–H groups in total. The Balaban J connectivity index is 1.86. The highest BCUT2D eigenvalue weighted by atomic mass is 19.1. The number of hydrogen-bond acceptors (Lipinski definition) is 3. The molecule has 0 bridgehead atoms. The largest absolute Gasteiger partial charge is 0.461 e. The maximum Gasteiger partial charge on any atom is 0.355 e. The summed E-state index contributed by atoms with van der Waals surface area (Å²) in [5, 5.41) is 0. The fourth-order valence-electron chi connectivity index (χ4n) is 3.32. The number of rotatable bonds is 4. The lowest BCUT2D eigenvalue weighted by Gasteiger charge is -2.22. The summed E-state index contributed by atoms with van der Waals surface area (Å²) in [6, 6.07) is 6.24. The van der Waals surface area contributed by atoms with Crippen molar-refractivity contribution in [1.82, 2.24) is 4.98 Å². The third kappa shape index (κ3) is 3.50. The molecule has 25 heavy (non-hydrogen) atoms. The van der Waals surface area contributed by atoms with Gasteiger partial charge in [0, 0.05) is 17.7 Å². The molecule has 1 heterocycles. The molecule has 4 nitrogen and oxygen atoms in total. The third-order valence-electron chi connectivity index (χ3n) is 4.58. The van der Waals surface area contributed by atoms with Crippen LogP contribution in [-0.4, -0.2) is 23.3 Å². The summed E-state index contributed by atoms with van der Waals surface area (Å²) < 4.78 is 18.4. The van der Waals surface area contributed by atoms with Crippen LogP contribution in [0.5, 0.6) is 0 Å². The lowest BCUT2D eigenvalue weighted by molar-refractivity contribution is 0.0451. The maximum absolute atomic E-state index is 13.1. The quantitative estimate of drug-likeness (QED) is 0.847. The van der Waals surface area contributed by atoms with Crippen molar-refractivity contribution in [3.63, 3.8) is 0 Å². The molecule has 3 rings (SSSR count). The molecule has 0 aliphatic heterocycles. The van der Waals surface area contributed by atoms with Crippen molar-refractivity contribution in [3.05, 3.63) is 58.2 Å². The van der Waals surface area contributed by atoms with Gasteiger partial charge in [0.05, 0.1) is 6.61 Å². The zero-order chi connectivity index (χ0) is 18.1. The van der Waals surface area contributed by atoms with Crippen LogP contribution in [0.25, 0.3) is 0 Å². The van der Waals surface area contributed by atoms with Crippen molar-refractivity contribution in [1.29, 1.82) is 0 Å². The first-order valence-electron chi connectivity index (χ1n) is 8.54. The fourth-order valence-corrected chi connectivity index (χ4v) is 3.32. The van der Waals surface area contributed by atoms with E-state index in [-0.39, 0.29) is 23.4 Å². The molecule has 1 aromatic heterocycles. The first-order chi connectivity index (χ1) is 11.9. The number of benzene rings is 1. The van der Waals surface area contributed by atoms with E-state index in [1.165, 1.54) is 12.1 Å². The van der Waals surface area contributed by atoms with Gasteiger partial charge in [0.2, 0.25) is 0 Å².